The summed E-state index contributed by atoms with van der Waals surface area (Å²) in [5.74, 6) is 5.36. The van der Waals surface area contributed by atoms with Gasteiger partial charge in [-0.25, -0.2) is 0 Å². The Kier molecular flexibility index (Phi) is 95.7. The molecule has 0 aliphatic heterocycles. The van der Waals surface area contributed by atoms with Crippen molar-refractivity contribution in [2.75, 3.05) is 0 Å². The van der Waals surface area contributed by atoms with Gasteiger partial charge in [-0.15, -0.1) is 11.8 Å². The molecule has 0 N–H and O–H groups in total. The summed E-state index contributed by atoms with van der Waals surface area (Å²) in [6.07, 6.45) is 0. The molecule has 0 fully saturated rings. The highest BCUT2D eigenvalue weighted by molar-refractivity contribution is 6.08. The van der Waals surface area contributed by atoms with Crippen molar-refractivity contribution in [2.24, 2.45) is 0 Å². The van der Waals surface area contributed by atoms with Crippen LogP contribution in [0.4, 0.5) is 0 Å². The number of rotatable bonds is 2. The molecule has 676 valence electrons. The van der Waals surface area contributed by atoms with Gasteiger partial charge in [-0.05, 0) is 131 Å². The van der Waals surface area contributed by atoms with Crippen LogP contribution in [-0.4, -0.2) is 0 Å². The fourth-order valence-corrected chi connectivity index (χ4v) is 10.8. The quantitative estimate of drug-likeness (QED) is 0.0919. The van der Waals surface area contributed by atoms with E-state index < -0.39 is 0 Å². The van der Waals surface area contributed by atoms with Crippen LogP contribution in [0.1, 0.15) is 213 Å². The number of fused-ring (bicyclic) bond motifs is 9. The monoisotopic (exact) mass is 1690 g/mol. The first-order valence-electron chi connectivity index (χ1n) is 47.6. The van der Waals surface area contributed by atoms with Crippen molar-refractivity contribution < 1.29 is 0 Å². The van der Waals surface area contributed by atoms with Crippen LogP contribution in [0, 0.1) is 18.8 Å². The van der Waals surface area contributed by atoms with Gasteiger partial charge >= 0.3 is 0 Å². The first-order chi connectivity index (χ1) is 63.0. The Balaban J connectivity index is -0.000000314. The van der Waals surface area contributed by atoms with Crippen molar-refractivity contribution >= 4 is 75.4 Å². The van der Waals surface area contributed by atoms with Gasteiger partial charge in [0.05, 0.1) is 0 Å². The molecule has 0 aliphatic rings. The van der Waals surface area contributed by atoms with Crippen LogP contribution in [0.5, 0.6) is 0 Å². The normalized spacial score (nSPS) is 8.21. The molecule has 18 rings (SSSR count). The van der Waals surface area contributed by atoms with E-state index in [1.807, 2.05) is 323 Å². The van der Waals surface area contributed by atoms with E-state index in [9.17, 15) is 0 Å². The van der Waals surface area contributed by atoms with E-state index in [2.05, 4.69) is 358 Å². The molecule has 0 nitrogen and oxygen atoms in total. The largest absolute Gasteiger partial charge is 0.107 e. The van der Waals surface area contributed by atoms with Gasteiger partial charge in [-0.3, -0.25) is 0 Å². The predicted octanol–water partition coefficient (Wildman–Crippen LogP) is 42.3. The van der Waals surface area contributed by atoms with E-state index in [1.165, 1.54) is 103 Å². The van der Waals surface area contributed by atoms with Crippen LogP contribution >= 0.6 is 0 Å². The standard InChI is InChI=1S/3C14H10.2C12H10.C10H8.C7H8.2C6H6.C4H6.14C2H6/c2*1-3-7-13-11(5-1)9-10-12-6-2-4-8-14(12)13;1-2-6-12-10-14-8-4-3-7-13(14)9-11(12)5-1;2*1-3-7-11(8-4-1)12-9-5-2-6-10-12;1-2-6-10-8-4-3-7-9(10)5-1;1-7-5-3-2-4-6-7;2*1-2-4-6-5-3-1;1-3-4-2;14*1-2/h3*1-10H;2*1-10H;1-8H;2-6H,1H3;2*1-6H;1-2H3;14*1-2H3. The fraction of sp³-hybridized carbons (Fsp3) is 0.244. The van der Waals surface area contributed by atoms with Gasteiger partial charge < -0.3 is 0 Å². The van der Waals surface area contributed by atoms with Crippen molar-refractivity contribution in [1.82, 2.24) is 0 Å². The molecule has 0 aromatic heterocycles. The topological polar surface area (TPSA) is 0 Å². The summed E-state index contributed by atoms with van der Waals surface area (Å²) in [7, 11) is 0. The summed E-state index contributed by atoms with van der Waals surface area (Å²) in [6.45, 7) is 61.7. The maximum absolute atomic E-state index is 2.68. The number of benzene rings is 18. The van der Waals surface area contributed by atoms with Crippen LogP contribution in [-0.2, 0) is 0 Å². The molecule has 0 saturated carbocycles. The minimum atomic E-state index is 1.28. The molecule has 0 atom stereocenters. The fourth-order valence-electron chi connectivity index (χ4n) is 10.8. The van der Waals surface area contributed by atoms with E-state index in [0.29, 0.717) is 0 Å². The summed E-state index contributed by atoms with van der Waals surface area (Å²) in [4.78, 5) is 0. The third-order valence-electron chi connectivity index (χ3n) is 15.9. The molecular weight excluding hydrogens is 1530 g/mol. The minimum Gasteiger partial charge on any atom is -0.107 e. The molecule has 0 radical (unpaired) electrons. The second-order valence-electron chi connectivity index (χ2n) is 22.8. The molecule has 18 aromatic carbocycles. The number of hydrogen-bond donors (Lipinski definition) is 0. The van der Waals surface area contributed by atoms with Crippen LogP contribution in [0.3, 0.4) is 0 Å². The van der Waals surface area contributed by atoms with E-state index in [1.54, 1.807) is 0 Å². The molecule has 0 spiro atoms. The summed E-state index contributed by atoms with van der Waals surface area (Å²) >= 11 is 0. The van der Waals surface area contributed by atoms with Gasteiger partial charge in [-0.2, -0.15) is 0 Å². The van der Waals surface area contributed by atoms with E-state index in [-0.39, 0.29) is 0 Å². The second kappa shape index (κ2) is 97.2. The zero-order valence-corrected chi connectivity index (χ0v) is 84.8. The molecule has 18 aromatic rings. The molecule has 0 heteroatoms. The molecular formula is C127H168. The van der Waals surface area contributed by atoms with Gasteiger partial charge in [0.2, 0.25) is 0 Å². The molecule has 0 heterocycles. The molecule has 0 amide bonds. The van der Waals surface area contributed by atoms with E-state index >= 15 is 0 Å². The zero-order chi connectivity index (χ0) is 96.4. The van der Waals surface area contributed by atoms with Crippen molar-refractivity contribution in [2.45, 2.75) is 215 Å². The first-order valence-corrected chi connectivity index (χ1v) is 47.6. The molecule has 0 aliphatic carbocycles. The minimum absolute atomic E-state index is 1.28. The summed E-state index contributed by atoms with van der Waals surface area (Å²) in [5.41, 5.74) is 6.43. The zero-order valence-electron chi connectivity index (χ0n) is 84.8. The van der Waals surface area contributed by atoms with E-state index in [0.717, 1.165) is 0 Å². The number of hydrogen-bond acceptors (Lipinski definition) is 0. The van der Waals surface area contributed by atoms with Crippen LogP contribution in [0.25, 0.3) is 97.7 Å². The van der Waals surface area contributed by atoms with Crippen molar-refractivity contribution in [3.05, 3.63) is 461 Å². The molecule has 127 heavy (non-hydrogen) atoms. The van der Waals surface area contributed by atoms with Crippen LogP contribution in [0.15, 0.2) is 455 Å². The van der Waals surface area contributed by atoms with Crippen molar-refractivity contribution in [3.8, 4) is 34.1 Å². The van der Waals surface area contributed by atoms with Gasteiger partial charge in [-0.1, -0.05) is 642 Å². The van der Waals surface area contributed by atoms with Crippen LogP contribution < -0.4 is 0 Å². The Morgan fingerprint density at radius 1 is 0.118 bits per heavy atom. The molecule has 0 unspecified atom stereocenters. The lowest BCUT2D eigenvalue weighted by atomic mass is 10.0. The first kappa shape index (κ1) is 125. The van der Waals surface area contributed by atoms with E-state index in [4.69, 9.17) is 0 Å². The Morgan fingerprint density at radius 3 is 0.378 bits per heavy atom. The average molecular weight is 1690 g/mol. The maximum atomic E-state index is 2.68. The van der Waals surface area contributed by atoms with Crippen molar-refractivity contribution in [1.29, 1.82) is 0 Å². The predicted molar refractivity (Wildman–Crippen MR) is 594 cm³/mol. The lowest BCUT2D eigenvalue weighted by Crippen LogP contribution is -1.75. The lowest BCUT2D eigenvalue weighted by Gasteiger charge is -2.02. The highest BCUT2D eigenvalue weighted by Crippen LogP contribution is 2.27. The smallest absolute Gasteiger partial charge is 0.00271 e. The molecule has 0 bridgehead atoms. The lowest BCUT2D eigenvalue weighted by molar-refractivity contribution is 1.48. The SMILES string of the molecule is CC.CC.CC.CC.CC.CC.CC.CC.CC.CC.CC.CC.CC.CC.CC#CC.Cc1ccccc1.c1ccc(-c2ccccc2)cc1.c1ccc(-c2ccccc2)cc1.c1ccc2c(c1)ccc1ccccc12.c1ccc2c(c1)ccc1ccccc12.c1ccc2cc3ccccc3cc2c1.c1ccc2ccccc2c1.c1ccccc1.c1ccccc1. The highest BCUT2D eigenvalue weighted by atomic mass is 14.0. The second-order valence-corrected chi connectivity index (χ2v) is 22.8. The van der Waals surface area contributed by atoms with Gasteiger partial charge in [0.15, 0.2) is 0 Å². The Bertz CT molecular complexity index is 4600. The van der Waals surface area contributed by atoms with Gasteiger partial charge in [0.1, 0.15) is 0 Å². The summed E-state index contributed by atoms with van der Waals surface area (Å²) < 4.78 is 0. The molecule has 0 saturated heterocycles. The van der Waals surface area contributed by atoms with Crippen LogP contribution in [0.2, 0.25) is 0 Å². The Morgan fingerprint density at radius 2 is 0.236 bits per heavy atom. The third kappa shape index (κ3) is 56.0. The van der Waals surface area contributed by atoms with Gasteiger partial charge in [0.25, 0.3) is 0 Å². The average Bonchev–Trinajstić information content (AvgIpc) is 0.812. The third-order valence-corrected chi connectivity index (χ3v) is 15.9. The summed E-state index contributed by atoms with van der Waals surface area (Å²) in [5, 5.41) is 18.5. The number of aryl methyl sites for hydroxylation is 1. The Hall–Kier alpha value is -12.7. The Labute approximate surface area is 779 Å². The van der Waals surface area contributed by atoms with Crippen molar-refractivity contribution in [3.63, 3.8) is 0 Å². The highest BCUT2D eigenvalue weighted by Gasteiger charge is 2.00. The summed E-state index contributed by atoms with van der Waals surface area (Å²) in [6, 6.07) is 157. The van der Waals surface area contributed by atoms with Gasteiger partial charge in [0, 0.05) is 0 Å². The maximum Gasteiger partial charge on any atom is -0.00271 e.